The molecule has 4 nitrogen and oxygen atoms in total. The summed E-state index contributed by atoms with van der Waals surface area (Å²) in [4.78, 5) is 13.6. The molecule has 1 amide bonds. The molecule has 18 heavy (non-hydrogen) atoms. The van der Waals surface area contributed by atoms with Crippen LogP contribution in [0.15, 0.2) is 24.3 Å². The number of carbonyl (C=O) groups is 1. The largest absolute Gasteiger partial charge is 0.384 e. The van der Waals surface area contributed by atoms with Gasteiger partial charge in [-0.15, -0.1) is 0 Å². The van der Waals surface area contributed by atoms with Gasteiger partial charge in [0.25, 0.3) is 0 Å². The zero-order chi connectivity index (χ0) is 13.0. The van der Waals surface area contributed by atoms with Gasteiger partial charge in [-0.1, -0.05) is 18.2 Å². The highest BCUT2D eigenvalue weighted by molar-refractivity contribution is 5.86. The van der Waals surface area contributed by atoms with Gasteiger partial charge in [-0.2, -0.15) is 0 Å². The molecule has 0 aliphatic carbocycles. The monoisotopic (exact) mass is 248 g/mol. The first kappa shape index (κ1) is 12.9. The highest BCUT2D eigenvalue weighted by atomic mass is 16.5. The van der Waals surface area contributed by atoms with Gasteiger partial charge in [0.05, 0.1) is 6.61 Å². The molecule has 1 saturated heterocycles. The average molecular weight is 248 g/mol. The van der Waals surface area contributed by atoms with Crippen molar-refractivity contribution in [2.45, 2.75) is 18.9 Å². The van der Waals surface area contributed by atoms with E-state index in [4.69, 9.17) is 4.74 Å². The number of para-hydroxylation sites is 1. The molecular weight excluding hydrogens is 228 g/mol. The number of hydrogen-bond acceptors (Lipinski definition) is 3. The number of likely N-dealkylation sites (N-methyl/N-ethyl adjacent to an activating group) is 1. The number of benzene rings is 1. The minimum Gasteiger partial charge on any atom is -0.384 e. The summed E-state index contributed by atoms with van der Waals surface area (Å²) in [6.45, 7) is 1.52. The van der Waals surface area contributed by atoms with Crippen molar-refractivity contribution in [1.29, 1.82) is 0 Å². The predicted octanol–water partition coefficient (Wildman–Crippen LogP) is 1.52. The molecule has 2 rings (SSSR count). The molecule has 1 aromatic carbocycles. The third-order valence-electron chi connectivity index (χ3n) is 3.35. The SMILES string of the molecule is COCCc1ccccc1NC1CCN(C)C1=O. The van der Waals surface area contributed by atoms with E-state index in [1.54, 1.807) is 12.0 Å². The van der Waals surface area contributed by atoms with Gasteiger partial charge in [-0.05, 0) is 24.5 Å². The second-order valence-corrected chi connectivity index (χ2v) is 4.65. The first-order valence-corrected chi connectivity index (χ1v) is 6.30. The molecule has 1 heterocycles. The van der Waals surface area contributed by atoms with Crippen LogP contribution in [-0.2, 0) is 16.0 Å². The fourth-order valence-corrected chi connectivity index (χ4v) is 2.24. The number of ether oxygens (including phenoxy) is 1. The molecule has 1 aromatic rings. The Balaban J connectivity index is 2.06. The van der Waals surface area contributed by atoms with Crippen LogP contribution in [0.2, 0.25) is 0 Å². The quantitative estimate of drug-likeness (QED) is 0.859. The Hall–Kier alpha value is -1.55. The van der Waals surface area contributed by atoms with E-state index in [0.717, 1.165) is 25.1 Å². The molecule has 1 aliphatic rings. The smallest absolute Gasteiger partial charge is 0.244 e. The average Bonchev–Trinajstić information content (AvgIpc) is 2.70. The van der Waals surface area contributed by atoms with Gasteiger partial charge in [0.15, 0.2) is 0 Å². The maximum absolute atomic E-state index is 11.9. The Bertz CT molecular complexity index is 420. The summed E-state index contributed by atoms with van der Waals surface area (Å²) in [6, 6.07) is 8.01. The van der Waals surface area contributed by atoms with Crippen molar-refractivity contribution < 1.29 is 9.53 Å². The van der Waals surface area contributed by atoms with Gasteiger partial charge in [-0.3, -0.25) is 4.79 Å². The number of rotatable bonds is 5. The molecule has 4 heteroatoms. The zero-order valence-corrected chi connectivity index (χ0v) is 11.0. The molecule has 98 valence electrons. The Morgan fingerprint density at radius 2 is 2.22 bits per heavy atom. The number of carbonyl (C=O) groups excluding carboxylic acids is 1. The second-order valence-electron chi connectivity index (χ2n) is 4.65. The molecule has 1 fully saturated rings. The van der Waals surface area contributed by atoms with Crippen molar-refractivity contribution in [2.24, 2.45) is 0 Å². The van der Waals surface area contributed by atoms with Gasteiger partial charge in [0, 0.05) is 26.4 Å². The Morgan fingerprint density at radius 3 is 2.89 bits per heavy atom. The number of amides is 1. The highest BCUT2D eigenvalue weighted by Crippen LogP contribution is 2.20. The van der Waals surface area contributed by atoms with E-state index in [9.17, 15) is 4.79 Å². The lowest BCUT2D eigenvalue weighted by Crippen LogP contribution is -2.31. The normalized spacial score (nSPS) is 19.3. The van der Waals surface area contributed by atoms with E-state index >= 15 is 0 Å². The van der Waals surface area contributed by atoms with Crippen LogP contribution >= 0.6 is 0 Å². The van der Waals surface area contributed by atoms with Crippen molar-refractivity contribution >= 4 is 11.6 Å². The predicted molar refractivity (Wildman–Crippen MR) is 71.7 cm³/mol. The first-order chi connectivity index (χ1) is 8.72. The maximum Gasteiger partial charge on any atom is 0.244 e. The molecule has 0 bridgehead atoms. The number of nitrogens with zero attached hydrogens (tertiary/aromatic N) is 1. The number of likely N-dealkylation sites (tertiary alicyclic amines) is 1. The molecule has 1 aliphatic heterocycles. The summed E-state index contributed by atoms with van der Waals surface area (Å²) in [7, 11) is 3.55. The van der Waals surface area contributed by atoms with Crippen LogP contribution in [0.25, 0.3) is 0 Å². The molecule has 1 atom stereocenters. The molecule has 0 radical (unpaired) electrons. The zero-order valence-electron chi connectivity index (χ0n) is 11.0. The number of hydrogen-bond donors (Lipinski definition) is 1. The Labute approximate surface area is 108 Å². The van der Waals surface area contributed by atoms with E-state index < -0.39 is 0 Å². The second kappa shape index (κ2) is 5.87. The maximum atomic E-state index is 11.9. The van der Waals surface area contributed by atoms with Gasteiger partial charge in [0.1, 0.15) is 6.04 Å². The summed E-state index contributed by atoms with van der Waals surface area (Å²) in [5, 5.41) is 3.35. The summed E-state index contributed by atoms with van der Waals surface area (Å²) in [6.07, 6.45) is 1.73. The van der Waals surface area contributed by atoms with Gasteiger partial charge in [-0.25, -0.2) is 0 Å². The fraction of sp³-hybridized carbons (Fsp3) is 0.500. The lowest BCUT2D eigenvalue weighted by atomic mass is 10.1. The number of nitrogens with one attached hydrogen (secondary N) is 1. The van der Waals surface area contributed by atoms with E-state index in [-0.39, 0.29) is 11.9 Å². The summed E-state index contributed by atoms with van der Waals surface area (Å²) in [5.41, 5.74) is 2.24. The Kier molecular flexibility index (Phi) is 4.20. The first-order valence-electron chi connectivity index (χ1n) is 6.30. The van der Waals surface area contributed by atoms with Gasteiger partial charge < -0.3 is 15.0 Å². The van der Waals surface area contributed by atoms with Crippen molar-refractivity contribution in [3.63, 3.8) is 0 Å². The summed E-state index contributed by atoms with van der Waals surface area (Å²) in [5.74, 6) is 0.177. The van der Waals surface area contributed by atoms with E-state index in [1.165, 1.54) is 5.56 Å². The number of anilines is 1. The summed E-state index contributed by atoms with van der Waals surface area (Å²) < 4.78 is 5.11. The van der Waals surface area contributed by atoms with Crippen LogP contribution in [0.1, 0.15) is 12.0 Å². The topological polar surface area (TPSA) is 41.6 Å². The van der Waals surface area contributed by atoms with Crippen molar-refractivity contribution in [3.05, 3.63) is 29.8 Å². The minimum absolute atomic E-state index is 0.0845. The van der Waals surface area contributed by atoms with Gasteiger partial charge in [0.2, 0.25) is 5.91 Å². The lowest BCUT2D eigenvalue weighted by molar-refractivity contribution is -0.127. The van der Waals surface area contributed by atoms with E-state index in [0.29, 0.717) is 6.61 Å². The van der Waals surface area contributed by atoms with Crippen LogP contribution in [0, 0.1) is 0 Å². The van der Waals surface area contributed by atoms with Crippen LogP contribution < -0.4 is 5.32 Å². The van der Waals surface area contributed by atoms with Crippen LogP contribution in [0.3, 0.4) is 0 Å². The molecule has 0 aromatic heterocycles. The molecule has 1 unspecified atom stereocenters. The fourth-order valence-electron chi connectivity index (χ4n) is 2.24. The summed E-state index contributed by atoms with van der Waals surface area (Å²) >= 11 is 0. The van der Waals surface area contributed by atoms with E-state index in [1.807, 2.05) is 25.2 Å². The van der Waals surface area contributed by atoms with Crippen molar-refractivity contribution in [1.82, 2.24) is 4.90 Å². The highest BCUT2D eigenvalue weighted by Gasteiger charge is 2.28. The van der Waals surface area contributed by atoms with Crippen LogP contribution in [0.5, 0.6) is 0 Å². The molecular formula is C14H20N2O2. The molecule has 0 spiro atoms. The van der Waals surface area contributed by atoms with Crippen molar-refractivity contribution in [2.75, 3.05) is 32.6 Å². The lowest BCUT2D eigenvalue weighted by Gasteiger charge is -2.16. The van der Waals surface area contributed by atoms with Crippen LogP contribution in [-0.4, -0.2) is 44.2 Å². The standard InChI is InChI=1S/C14H20N2O2/c1-16-9-7-13(14(16)17)15-12-6-4-3-5-11(12)8-10-18-2/h3-6,13,15H,7-10H2,1-2H3. The third-order valence-corrected chi connectivity index (χ3v) is 3.35. The van der Waals surface area contributed by atoms with Crippen molar-refractivity contribution in [3.8, 4) is 0 Å². The minimum atomic E-state index is -0.0845. The van der Waals surface area contributed by atoms with Gasteiger partial charge >= 0.3 is 0 Å². The van der Waals surface area contributed by atoms with E-state index in [2.05, 4.69) is 11.4 Å². The molecule has 0 saturated carbocycles. The van der Waals surface area contributed by atoms with Crippen LogP contribution in [0.4, 0.5) is 5.69 Å². The Morgan fingerprint density at radius 1 is 1.44 bits per heavy atom. The number of methoxy groups -OCH3 is 1. The molecule has 1 N–H and O–H groups in total. The third kappa shape index (κ3) is 2.82.